The number of methoxy groups -OCH3 is 1. The number of rotatable bonds is 2. The average molecular weight is 195 g/mol. The SMILES string of the molecule is Bc1csc2c(NC)c(OC)nn12. The van der Waals surface area contributed by atoms with Gasteiger partial charge in [-0.25, -0.2) is 4.52 Å². The van der Waals surface area contributed by atoms with Crippen LogP contribution in [0, 0.1) is 0 Å². The van der Waals surface area contributed by atoms with Crippen molar-refractivity contribution in [3.63, 3.8) is 0 Å². The van der Waals surface area contributed by atoms with Gasteiger partial charge in [0.2, 0.25) is 0 Å². The molecule has 68 valence electrons. The maximum atomic E-state index is 5.15. The first-order chi connectivity index (χ1) is 6.27. The summed E-state index contributed by atoms with van der Waals surface area (Å²) in [6.45, 7) is 0. The van der Waals surface area contributed by atoms with Crippen molar-refractivity contribution in [3.8, 4) is 5.88 Å². The van der Waals surface area contributed by atoms with Crippen LogP contribution in [0.25, 0.3) is 4.83 Å². The molecular formula is C7H10BN3OS. The van der Waals surface area contributed by atoms with Crippen LogP contribution in [-0.2, 0) is 0 Å². The molecule has 0 bridgehead atoms. The molecule has 0 aliphatic carbocycles. The average Bonchev–Trinajstić information content (AvgIpc) is 2.65. The van der Waals surface area contributed by atoms with Crippen LogP contribution in [0.4, 0.5) is 5.69 Å². The van der Waals surface area contributed by atoms with E-state index in [1.165, 1.54) is 0 Å². The molecule has 4 nitrogen and oxygen atoms in total. The Balaban J connectivity index is 2.74. The second kappa shape index (κ2) is 2.95. The molecule has 1 N–H and O–H groups in total. The lowest BCUT2D eigenvalue weighted by Crippen LogP contribution is -2.09. The first-order valence-electron chi connectivity index (χ1n) is 3.96. The zero-order valence-electron chi connectivity index (χ0n) is 7.79. The van der Waals surface area contributed by atoms with Gasteiger partial charge in [0, 0.05) is 18.0 Å². The molecule has 0 spiro atoms. The standard InChI is InChI=1S/C7H10BN3OS/c1-9-5-6(12-2)10-11-4(8)3-13-7(5)11/h3,9H,8H2,1-2H3. The maximum absolute atomic E-state index is 5.15. The van der Waals surface area contributed by atoms with E-state index < -0.39 is 0 Å². The summed E-state index contributed by atoms with van der Waals surface area (Å²) in [6.07, 6.45) is 0. The predicted octanol–water partition coefficient (Wildman–Crippen LogP) is -0.296. The Labute approximate surface area is 80.9 Å². The van der Waals surface area contributed by atoms with Gasteiger partial charge >= 0.3 is 0 Å². The summed E-state index contributed by atoms with van der Waals surface area (Å²) in [6, 6.07) is 0. The molecule has 0 saturated carbocycles. The normalized spacial score (nSPS) is 10.6. The van der Waals surface area contributed by atoms with Crippen LogP contribution in [-0.4, -0.2) is 31.6 Å². The van der Waals surface area contributed by atoms with Crippen LogP contribution >= 0.6 is 11.3 Å². The number of aromatic nitrogens is 2. The Bertz CT molecular complexity index is 436. The third kappa shape index (κ3) is 1.09. The van der Waals surface area contributed by atoms with Gasteiger partial charge in [0.1, 0.15) is 10.5 Å². The molecule has 0 aromatic carbocycles. The monoisotopic (exact) mass is 195 g/mol. The van der Waals surface area contributed by atoms with Gasteiger partial charge in [-0.2, -0.15) is 0 Å². The van der Waals surface area contributed by atoms with Gasteiger partial charge in [-0.1, -0.05) is 0 Å². The largest absolute Gasteiger partial charge is 0.478 e. The summed E-state index contributed by atoms with van der Waals surface area (Å²) in [4.78, 5) is 1.09. The quantitative estimate of drug-likeness (QED) is 0.669. The molecule has 0 aliphatic heterocycles. The molecule has 13 heavy (non-hydrogen) atoms. The van der Waals surface area contributed by atoms with E-state index in [1.54, 1.807) is 18.4 Å². The van der Waals surface area contributed by atoms with Gasteiger partial charge in [0.25, 0.3) is 5.88 Å². The fourth-order valence-corrected chi connectivity index (χ4v) is 2.25. The molecule has 0 fully saturated rings. The van der Waals surface area contributed by atoms with E-state index in [2.05, 4.69) is 15.8 Å². The van der Waals surface area contributed by atoms with Crippen molar-refractivity contribution in [2.75, 3.05) is 19.5 Å². The second-order valence-electron chi connectivity index (χ2n) is 2.73. The van der Waals surface area contributed by atoms with Crippen molar-refractivity contribution in [2.45, 2.75) is 0 Å². The van der Waals surface area contributed by atoms with Gasteiger partial charge in [-0.3, -0.25) is 0 Å². The Morgan fingerprint density at radius 1 is 1.69 bits per heavy atom. The van der Waals surface area contributed by atoms with Crippen LogP contribution < -0.4 is 15.6 Å². The predicted molar refractivity (Wildman–Crippen MR) is 57.3 cm³/mol. The van der Waals surface area contributed by atoms with Crippen LogP contribution in [0.1, 0.15) is 0 Å². The number of anilines is 1. The number of fused-ring (bicyclic) bond motifs is 1. The molecule has 0 unspecified atom stereocenters. The molecule has 2 aromatic heterocycles. The van der Waals surface area contributed by atoms with E-state index in [0.29, 0.717) is 5.88 Å². The van der Waals surface area contributed by atoms with Gasteiger partial charge in [-0.15, -0.1) is 16.4 Å². The third-order valence-electron chi connectivity index (χ3n) is 1.93. The minimum absolute atomic E-state index is 0.650. The Hall–Kier alpha value is -1.17. The minimum Gasteiger partial charge on any atom is -0.478 e. The lowest BCUT2D eigenvalue weighted by molar-refractivity contribution is 0.397. The van der Waals surface area contributed by atoms with Crippen molar-refractivity contribution in [3.05, 3.63) is 5.38 Å². The van der Waals surface area contributed by atoms with Gasteiger partial charge < -0.3 is 10.1 Å². The van der Waals surface area contributed by atoms with Crippen LogP contribution in [0.15, 0.2) is 5.38 Å². The van der Waals surface area contributed by atoms with E-state index in [4.69, 9.17) is 4.74 Å². The number of nitrogens with zero attached hydrogens (tertiary/aromatic N) is 2. The number of hydrogen-bond acceptors (Lipinski definition) is 4. The highest BCUT2D eigenvalue weighted by molar-refractivity contribution is 7.17. The first kappa shape index (κ1) is 8.43. The molecule has 0 aliphatic rings. The Kier molecular flexibility index (Phi) is 1.92. The third-order valence-corrected chi connectivity index (χ3v) is 2.99. The number of hydrogen-bond donors (Lipinski definition) is 1. The molecular weight excluding hydrogens is 185 g/mol. The highest BCUT2D eigenvalue weighted by Crippen LogP contribution is 2.29. The number of thiazole rings is 1. The van der Waals surface area contributed by atoms with Crippen LogP contribution in [0.2, 0.25) is 0 Å². The zero-order valence-corrected chi connectivity index (χ0v) is 8.60. The Morgan fingerprint density at radius 3 is 3.08 bits per heavy atom. The van der Waals surface area contributed by atoms with E-state index in [9.17, 15) is 0 Å². The van der Waals surface area contributed by atoms with Crippen molar-refractivity contribution in [1.82, 2.24) is 9.61 Å². The molecule has 2 heterocycles. The number of ether oxygens (including phenoxy) is 1. The summed E-state index contributed by atoms with van der Waals surface area (Å²) in [7, 11) is 5.52. The number of nitrogens with one attached hydrogen (secondary N) is 1. The van der Waals surface area contributed by atoms with Crippen LogP contribution in [0.5, 0.6) is 5.88 Å². The zero-order chi connectivity index (χ0) is 9.42. The summed E-state index contributed by atoms with van der Waals surface area (Å²) >= 11 is 1.66. The lowest BCUT2D eigenvalue weighted by atomic mass is 10.1. The molecule has 0 atom stereocenters. The summed E-state index contributed by atoms with van der Waals surface area (Å²) < 4.78 is 7.03. The van der Waals surface area contributed by atoms with E-state index >= 15 is 0 Å². The second-order valence-corrected chi connectivity index (χ2v) is 3.59. The van der Waals surface area contributed by atoms with E-state index in [1.807, 2.05) is 19.4 Å². The van der Waals surface area contributed by atoms with Gasteiger partial charge in [0.15, 0.2) is 7.85 Å². The Morgan fingerprint density at radius 2 is 2.46 bits per heavy atom. The fourth-order valence-electron chi connectivity index (χ4n) is 1.28. The first-order valence-corrected chi connectivity index (χ1v) is 4.84. The van der Waals surface area contributed by atoms with E-state index in [0.717, 1.165) is 16.1 Å². The molecule has 6 heteroatoms. The van der Waals surface area contributed by atoms with Crippen molar-refractivity contribution >= 4 is 35.3 Å². The summed E-state index contributed by atoms with van der Waals surface area (Å²) in [5, 5.41) is 9.46. The molecule has 2 aromatic rings. The van der Waals surface area contributed by atoms with Crippen LogP contribution in [0.3, 0.4) is 0 Å². The highest BCUT2D eigenvalue weighted by atomic mass is 32.1. The van der Waals surface area contributed by atoms with Crippen molar-refractivity contribution < 1.29 is 4.74 Å². The molecule has 0 radical (unpaired) electrons. The minimum atomic E-state index is 0.650. The molecule has 2 rings (SSSR count). The summed E-state index contributed by atoms with van der Waals surface area (Å²) in [5.41, 5.74) is 2.08. The smallest absolute Gasteiger partial charge is 0.258 e. The van der Waals surface area contributed by atoms with E-state index in [-0.39, 0.29) is 0 Å². The fraction of sp³-hybridized carbons (Fsp3) is 0.286. The maximum Gasteiger partial charge on any atom is 0.258 e. The van der Waals surface area contributed by atoms with Gasteiger partial charge in [0.05, 0.1) is 7.11 Å². The molecule has 0 amide bonds. The van der Waals surface area contributed by atoms with Gasteiger partial charge in [-0.05, 0) is 0 Å². The van der Waals surface area contributed by atoms with Crippen molar-refractivity contribution in [2.24, 2.45) is 0 Å². The highest BCUT2D eigenvalue weighted by Gasteiger charge is 2.13. The summed E-state index contributed by atoms with van der Waals surface area (Å²) in [5.74, 6) is 0.650. The molecule has 0 saturated heterocycles. The van der Waals surface area contributed by atoms with Crippen molar-refractivity contribution in [1.29, 1.82) is 0 Å². The topological polar surface area (TPSA) is 38.6 Å². The lowest BCUT2D eigenvalue weighted by Gasteiger charge is -1.97.